The molecule has 1 aromatic heterocycles. The third-order valence-corrected chi connectivity index (χ3v) is 2.18. The van der Waals surface area contributed by atoms with E-state index in [1.807, 2.05) is 24.3 Å². The lowest BCUT2D eigenvalue weighted by molar-refractivity contribution is 0.414. The van der Waals surface area contributed by atoms with Crippen LogP contribution < -0.4 is 4.74 Å². The Labute approximate surface area is 87.7 Å². The molecule has 5 heteroatoms. The molecule has 1 heterocycles. The molecular formula is C10H12N4O. The van der Waals surface area contributed by atoms with Gasteiger partial charge >= 0.3 is 0 Å². The third-order valence-electron chi connectivity index (χ3n) is 2.18. The maximum atomic E-state index is 5.08. The second-order valence-corrected chi connectivity index (χ2v) is 3.17. The summed E-state index contributed by atoms with van der Waals surface area (Å²) >= 11 is 0. The quantitative estimate of drug-likeness (QED) is 0.743. The van der Waals surface area contributed by atoms with Crippen LogP contribution in [-0.4, -0.2) is 27.3 Å². The normalized spacial score (nSPS) is 10.2. The molecule has 2 aromatic rings. The van der Waals surface area contributed by atoms with Crippen molar-refractivity contribution in [2.24, 2.45) is 0 Å². The van der Waals surface area contributed by atoms with E-state index >= 15 is 0 Å². The molecule has 0 aliphatic carbocycles. The minimum Gasteiger partial charge on any atom is -0.497 e. The van der Waals surface area contributed by atoms with Crippen molar-refractivity contribution in [3.63, 3.8) is 0 Å². The Morgan fingerprint density at radius 1 is 1.27 bits per heavy atom. The molecule has 1 aromatic carbocycles. The summed E-state index contributed by atoms with van der Waals surface area (Å²) in [7, 11) is 1.66. The fourth-order valence-electron chi connectivity index (χ4n) is 1.32. The Morgan fingerprint density at radius 3 is 2.67 bits per heavy atom. The van der Waals surface area contributed by atoms with Gasteiger partial charge < -0.3 is 4.74 Å². The van der Waals surface area contributed by atoms with Crippen LogP contribution in [-0.2, 0) is 13.0 Å². The van der Waals surface area contributed by atoms with Gasteiger partial charge in [-0.3, -0.25) is 0 Å². The molecule has 0 bridgehead atoms. The first-order chi connectivity index (χ1) is 7.38. The van der Waals surface area contributed by atoms with Gasteiger partial charge in [0.1, 0.15) is 12.1 Å². The summed E-state index contributed by atoms with van der Waals surface area (Å²) in [5, 5.41) is 10.9. The summed E-state index contributed by atoms with van der Waals surface area (Å²) in [5.74, 6) is 0.876. The van der Waals surface area contributed by atoms with Crippen LogP contribution in [0.5, 0.6) is 5.75 Å². The maximum Gasteiger partial charge on any atom is 0.138 e. The number of tetrazole rings is 1. The zero-order valence-corrected chi connectivity index (χ0v) is 8.50. The number of nitrogens with zero attached hydrogens (tertiary/aromatic N) is 4. The Balaban J connectivity index is 1.93. The molecule has 2 rings (SSSR count). The Bertz CT molecular complexity index is 396. The molecule has 78 valence electrons. The van der Waals surface area contributed by atoms with Crippen LogP contribution in [0.2, 0.25) is 0 Å². The number of hydrogen-bond acceptors (Lipinski definition) is 4. The smallest absolute Gasteiger partial charge is 0.138 e. The van der Waals surface area contributed by atoms with Gasteiger partial charge in [-0.2, -0.15) is 0 Å². The first kappa shape index (κ1) is 9.64. The van der Waals surface area contributed by atoms with E-state index < -0.39 is 0 Å². The highest BCUT2D eigenvalue weighted by atomic mass is 16.5. The summed E-state index contributed by atoms with van der Waals surface area (Å²) in [6.45, 7) is 0.791. The van der Waals surface area contributed by atoms with E-state index in [0.717, 1.165) is 18.7 Å². The summed E-state index contributed by atoms with van der Waals surface area (Å²) < 4.78 is 6.79. The van der Waals surface area contributed by atoms with Crippen LogP contribution in [0.25, 0.3) is 0 Å². The van der Waals surface area contributed by atoms with Crippen molar-refractivity contribution in [2.45, 2.75) is 13.0 Å². The standard InChI is InChI=1S/C10H12N4O/c1-15-10-4-2-9(3-5-10)6-7-14-8-11-12-13-14/h2-5,8H,6-7H2,1H3. The molecule has 0 N–H and O–H groups in total. The van der Waals surface area contributed by atoms with E-state index in [9.17, 15) is 0 Å². The van der Waals surface area contributed by atoms with Gasteiger partial charge in [-0.25, -0.2) is 4.68 Å². The summed E-state index contributed by atoms with van der Waals surface area (Å²) in [6.07, 6.45) is 2.53. The van der Waals surface area contributed by atoms with Gasteiger partial charge in [0.25, 0.3) is 0 Å². The molecule has 0 saturated carbocycles. The van der Waals surface area contributed by atoms with Gasteiger partial charge in [0.05, 0.1) is 7.11 Å². The SMILES string of the molecule is COc1ccc(CCn2cnnn2)cc1. The molecular weight excluding hydrogens is 192 g/mol. The van der Waals surface area contributed by atoms with Crippen molar-refractivity contribution in [2.75, 3.05) is 7.11 Å². The van der Waals surface area contributed by atoms with Crippen LogP contribution in [0.15, 0.2) is 30.6 Å². The number of benzene rings is 1. The van der Waals surface area contributed by atoms with Crippen LogP contribution in [0, 0.1) is 0 Å². The average Bonchev–Trinajstić information content (AvgIpc) is 2.80. The minimum absolute atomic E-state index is 0.791. The molecule has 0 unspecified atom stereocenters. The molecule has 0 aliphatic heterocycles. The summed E-state index contributed by atoms with van der Waals surface area (Å²) in [6, 6.07) is 8.00. The number of hydrogen-bond donors (Lipinski definition) is 0. The van der Waals surface area contributed by atoms with Crippen molar-refractivity contribution < 1.29 is 4.74 Å². The Morgan fingerprint density at radius 2 is 2.07 bits per heavy atom. The zero-order valence-electron chi connectivity index (χ0n) is 8.50. The number of methoxy groups -OCH3 is 1. The molecule has 0 spiro atoms. The number of ether oxygens (including phenoxy) is 1. The van der Waals surface area contributed by atoms with Crippen molar-refractivity contribution in [3.05, 3.63) is 36.2 Å². The Hall–Kier alpha value is -1.91. The summed E-state index contributed by atoms with van der Waals surface area (Å²) in [5.41, 5.74) is 1.24. The van der Waals surface area contributed by atoms with Crippen molar-refractivity contribution in [1.29, 1.82) is 0 Å². The van der Waals surface area contributed by atoms with Gasteiger partial charge in [-0.1, -0.05) is 12.1 Å². The van der Waals surface area contributed by atoms with Gasteiger partial charge in [-0.05, 0) is 34.5 Å². The summed E-state index contributed by atoms with van der Waals surface area (Å²) in [4.78, 5) is 0. The highest BCUT2D eigenvalue weighted by Gasteiger charge is 1.96. The van der Waals surface area contributed by atoms with E-state index in [0.29, 0.717) is 0 Å². The van der Waals surface area contributed by atoms with E-state index in [1.54, 1.807) is 18.1 Å². The monoisotopic (exact) mass is 204 g/mol. The fourth-order valence-corrected chi connectivity index (χ4v) is 1.32. The molecule has 0 fully saturated rings. The van der Waals surface area contributed by atoms with Gasteiger partial charge in [0, 0.05) is 6.54 Å². The molecule has 5 nitrogen and oxygen atoms in total. The second-order valence-electron chi connectivity index (χ2n) is 3.17. The van der Waals surface area contributed by atoms with E-state index in [2.05, 4.69) is 15.5 Å². The fraction of sp³-hybridized carbons (Fsp3) is 0.300. The van der Waals surface area contributed by atoms with Crippen molar-refractivity contribution >= 4 is 0 Å². The third kappa shape index (κ3) is 2.52. The lowest BCUT2D eigenvalue weighted by Crippen LogP contribution is -2.02. The van der Waals surface area contributed by atoms with Gasteiger partial charge in [0.15, 0.2) is 0 Å². The molecule has 0 radical (unpaired) electrons. The van der Waals surface area contributed by atoms with Gasteiger partial charge in [0.2, 0.25) is 0 Å². The zero-order chi connectivity index (χ0) is 10.5. The van der Waals surface area contributed by atoms with Crippen LogP contribution >= 0.6 is 0 Å². The highest BCUT2D eigenvalue weighted by Crippen LogP contribution is 2.11. The number of rotatable bonds is 4. The van der Waals surface area contributed by atoms with Crippen molar-refractivity contribution in [3.8, 4) is 5.75 Å². The molecule has 0 atom stereocenters. The van der Waals surface area contributed by atoms with E-state index in [4.69, 9.17) is 4.74 Å². The highest BCUT2D eigenvalue weighted by molar-refractivity contribution is 5.27. The van der Waals surface area contributed by atoms with Gasteiger partial charge in [-0.15, -0.1) is 5.10 Å². The molecule has 15 heavy (non-hydrogen) atoms. The molecule has 0 saturated heterocycles. The van der Waals surface area contributed by atoms with E-state index in [-0.39, 0.29) is 0 Å². The minimum atomic E-state index is 0.791. The molecule has 0 aliphatic rings. The largest absolute Gasteiger partial charge is 0.497 e. The molecule has 0 amide bonds. The lowest BCUT2D eigenvalue weighted by Gasteiger charge is -2.02. The van der Waals surface area contributed by atoms with E-state index in [1.165, 1.54) is 5.56 Å². The van der Waals surface area contributed by atoms with Crippen molar-refractivity contribution in [1.82, 2.24) is 20.2 Å². The van der Waals surface area contributed by atoms with Crippen LogP contribution in [0.3, 0.4) is 0 Å². The predicted octanol–water partition coefficient (Wildman–Crippen LogP) is 0.924. The first-order valence-corrected chi connectivity index (χ1v) is 4.72. The second kappa shape index (κ2) is 4.54. The lowest BCUT2D eigenvalue weighted by atomic mass is 10.1. The van der Waals surface area contributed by atoms with Crippen LogP contribution in [0.1, 0.15) is 5.56 Å². The Kier molecular flexibility index (Phi) is 2.92. The number of aryl methyl sites for hydroxylation is 2. The topological polar surface area (TPSA) is 52.8 Å². The maximum absolute atomic E-state index is 5.08. The number of aromatic nitrogens is 4. The van der Waals surface area contributed by atoms with Crippen LogP contribution in [0.4, 0.5) is 0 Å². The first-order valence-electron chi connectivity index (χ1n) is 4.72. The average molecular weight is 204 g/mol. The predicted molar refractivity (Wildman–Crippen MR) is 54.5 cm³/mol.